The number of aryl methyl sites for hydroxylation is 1. The molecule has 0 radical (unpaired) electrons. The molecule has 0 aromatic carbocycles. The van der Waals surface area contributed by atoms with Gasteiger partial charge in [0.25, 0.3) is 0 Å². The summed E-state index contributed by atoms with van der Waals surface area (Å²) in [6.07, 6.45) is 3.90. The number of hydrogen-bond donors (Lipinski definition) is 2. The first kappa shape index (κ1) is 17.3. The smallest absolute Gasteiger partial charge is 0.407 e. The van der Waals surface area contributed by atoms with Crippen LogP contribution in [0.15, 0.2) is 12.1 Å². The van der Waals surface area contributed by atoms with Crippen LogP contribution in [0.5, 0.6) is 0 Å². The molecule has 4 nitrogen and oxygen atoms in total. The molecule has 1 fully saturated rings. The second-order valence-electron chi connectivity index (χ2n) is 6.96. The summed E-state index contributed by atoms with van der Waals surface area (Å²) in [5, 5.41) is 6.58. The van der Waals surface area contributed by atoms with Gasteiger partial charge in [0.05, 0.1) is 0 Å². The van der Waals surface area contributed by atoms with Crippen molar-refractivity contribution in [1.29, 1.82) is 0 Å². The molecule has 2 N–H and O–H groups in total. The molecule has 1 heterocycles. The van der Waals surface area contributed by atoms with Crippen LogP contribution in [0, 0.1) is 0 Å². The Morgan fingerprint density at radius 1 is 1.27 bits per heavy atom. The first-order valence-electron chi connectivity index (χ1n) is 8.16. The zero-order valence-corrected chi connectivity index (χ0v) is 14.9. The number of rotatable bonds is 5. The van der Waals surface area contributed by atoms with Gasteiger partial charge in [0, 0.05) is 28.4 Å². The van der Waals surface area contributed by atoms with E-state index in [4.69, 9.17) is 4.74 Å². The van der Waals surface area contributed by atoms with Crippen LogP contribution in [0.1, 0.15) is 56.7 Å². The summed E-state index contributed by atoms with van der Waals surface area (Å²) in [4.78, 5) is 14.6. The number of carbonyl (C=O) groups is 1. The largest absolute Gasteiger partial charge is 0.444 e. The van der Waals surface area contributed by atoms with E-state index in [1.807, 2.05) is 32.1 Å². The van der Waals surface area contributed by atoms with E-state index in [9.17, 15) is 4.79 Å². The number of nitrogens with one attached hydrogen (secondary N) is 2. The lowest BCUT2D eigenvalue weighted by molar-refractivity contribution is 0.0505. The average Bonchev–Trinajstić information content (AvgIpc) is 3.02. The minimum absolute atomic E-state index is 0.224. The Bertz CT molecular complexity index is 493. The van der Waals surface area contributed by atoms with Gasteiger partial charge in [0.2, 0.25) is 0 Å². The van der Waals surface area contributed by atoms with E-state index in [-0.39, 0.29) is 12.1 Å². The molecular formula is C17H28N2O2S. The standard InChI is InChI=1S/C17H28N2O2S/c1-5-14-8-9-15(22-14)11-18-12-6-7-13(10-12)19-16(20)21-17(2,3)4/h8-9,12-13,18H,5-7,10-11H2,1-4H3,(H,19,20). The third kappa shape index (κ3) is 5.61. The van der Waals surface area contributed by atoms with Crippen molar-refractivity contribution < 1.29 is 9.53 Å². The monoisotopic (exact) mass is 324 g/mol. The highest BCUT2D eigenvalue weighted by molar-refractivity contribution is 7.11. The van der Waals surface area contributed by atoms with Gasteiger partial charge < -0.3 is 15.4 Å². The Kier molecular flexibility index (Phi) is 5.87. The van der Waals surface area contributed by atoms with Gasteiger partial charge in [-0.15, -0.1) is 11.3 Å². The number of hydrogen-bond acceptors (Lipinski definition) is 4. The second-order valence-corrected chi connectivity index (χ2v) is 8.21. The van der Waals surface area contributed by atoms with Crippen LogP contribution in [0.3, 0.4) is 0 Å². The quantitative estimate of drug-likeness (QED) is 0.865. The normalized spacial score (nSPS) is 21.8. The highest BCUT2D eigenvalue weighted by Gasteiger charge is 2.27. The van der Waals surface area contributed by atoms with Crippen LogP contribution in [0.4, 0.5) is 4.79 Å². The van der Waals surface area contributed by atoms with Gasteiger partial charge >= 0.3 is 6.09 Å². The van der Waals surface area contributed by atoms with Crippen molar-refractivity contribution >= 4 is 17.4 Å². The first-order chi connectivity index (χ1) is 10.4. The van der Waals surface area contributed by atoms with Crippen LogP contribution in [-0.4, -0.2) is 23.8 Å². The number of alkyl carbamates (subject to hydrolysis) is 1. The minimum Gasteiger partial charge on any atom is -0.444 e. The molecule has 0 bridgehead atoms. The van der Waals surface area contributed by atoms with E-state index in [2.05, 4.69) is 29.7 Å². The SMILES string of the molecule is CCc1ccc(CNC2CCC(NC(=O)OC(C)(C)C)C2)s1. The van der Waals surface area contributed by atoms with Crippen LogP contribution in [-0.2, 0) is 17.7 Å². The molecule has 1 saturated carbocycles. The van der Waals surface area contributed by atoms with E-state index in [1.165, 1.54) is 9.75 Å². The molecule has 1 aliphatic rings. The maximum absolute atomic E-state index is 11.8. The molecule has 1 aromatic rings. The summed E-state index contributed by atoms with van der Waals surface area (Å²) in [6.45, 7) is 8.77. The maximum Gasteiger partial charge on any atom is 0.407 e. The van der Waals surface area contributed by atoms with Crippen molar-refractivity contribution in [3.05, 3.63) is 21.9 Å². The Morgan fingerprint density at radius 3 is 2.59 bits per heavy atom. The van der Waals surface area contributed by atoms with E-state index in [0.29, 0.717) is 6.04 Å². The minimum atomic E-state index is -0.434. The van der Waals surface area contributed by atoms with E-state index in [1.54, 1.807) is 0 Å². The van der Waals surface area contributed by atoms with E-state index < -0.39 is 5.60 Å². The van der Waals surface area contributed by atoms with Gasteiger partial charge in [-0.25, -0.2) is 4.79 Å². The number of carbonyl (C=O) groups excluding carboxylic acids is 1. The Labute approximate surface area is 137 Å². The molecule has 1 aliphatic carbocycles. The number of amides is 1. The first-order valence-corrected chi connectivity index (χ1v) is 8.98. The van der Waals surface area contributed by atoms with Gasteiger partial charge in [-0.3, -0.25) is 0 Å². The van der Waals surface area contributed by atoms with Crippen molar-refractivity contribution in [3.8, 4) is 0 Å². The highest BCUT2D eigenvalue weighted by atomic mass is 32.1. The summed E-state index contributed by atoms with van der Waals surface area (Å²) in [6, 6.07) is 5.12. The zero-order chi connectivity index (χ0) is 16.2. The molecule has 0 saturated heterocycles. The molecule has 1 amide bonds. The number of thiophene rings is 1. The molecule has 124 valence electrons. The van der Waals surface area contributed by atoms with Crippen LogP contribution in [0.25, 0.3) is 0 Å². The Hall–Kier alpha value is -1.07. The fourth-order valence-corrected chi connectivity index (χ4v) is 3.63. The third-order valence-corrected chi connectivity index (χ3v) is 5.01. The third-order valence-electron chi connectivity index (χ3n) is 3.78. The lowest BCUT2D eigenvalue weighted by Gasteiger charge is -2.21. The van der Waals surface area contributed by atoms with Crippen molar-refractivity contribution in [2.24, 2.45) is 0 Å². The predicted octanol–water partition coefficient (Wildman–Crippen LogP) is 3.85. The van der Waals surface area contributed by atoms with Crippen LogP contribution < -0.4 is 10.6 Å². The van der Waals surface area contributed by atoms with Gasteiger partial charge in [-0.05, 0) is 58.6 Å². The number of ether oxygens (including phenoxy) is 1. The fourth-order valence-electron chi connectivity index (χ4n) is 2.72. The van der Waals surface area contributed by atoms with E-state index in [0.717, 1.165) is 32.2 Å². The topological polar surface area (TPSA) is 50.4 Å². The molecule has 22 heavy (non-hydrogen) atoms. The summed E-state index contributed by atoms with van der Waals surface area (Å²) >= 11 is 1.88. The summed E-state index contributed by atoms with van der Waals surface area (Å²) in [5.41, 5.74) is -0.434. The summed E-state index contributed by atoms with van der Waals surface area (Å²) in [7, 11) is 0. The van der Waals surface area contributed by atoms with Crippen LogP contribution in [0.2, 0.25) is 0 Å². The molecular weight excluding hydrogens is 296 g/mol. The zero-order valence-electron chi connectivity index (χ0n) is 14.1. The molecule has 5 heteroatoms. The highest BCUT2D eigenvalue weighted by Crippen LogP contribution is 2.22. The summed E-state index contributed by atoms with van der Waals surface area (Å²) < 4.78 is 5.31. The fraction of sp³-hybridized carbons (Fsp3) is 0.706. The van der Waals surface area contributed by atoms with E-state index >= 15 is 0 Å². The van der Waals surface area contributed by atoms with Crippen molar-refractivity contribution in [1.82, 2.24) is 10.6 Å². The van der Waals surface area contributed by atoms with Crippen molar-refractivity contribution in [2.45, 2.75) is 77.6 Å². The molecule has 1 aromatic heterocycles. The Morgan fingerprint density at radius 2 is 1.95 bits per heavy atom. The maximum atomic E-state index is 11.8. The average molecular weight is 324 g/mol. The van der Waals surface area contributed by atoms with Crippen LogP contribution >= 0.6 is 11.3 Å². The lowest BCUT2D eigenvalue weighted by Crippen LogP contribution is -2.38. The van der Waals surface area contributed by atoms with Crippen molar-refractivity contribution in [2.75, 3.05) is 0 Å². The lowest BCUT2D eigenvalue weighted by atomic mass is 10.2. The molecule has 0 aliphatic heterocycles. The molecule has 0 spiro atoms. The molecule has 2 atom stereocenters. The van der Waals surface area contributed by atoms with Gasteiger partial charge in [-0.1, -0.05) is 6.92 Å². The van der Waals surface area contributed by atoms with Gasteiger partial charge in [0.1, 0.15) is 5.60 Å². The molecule has 2 rings (SSSR count). The summed E-state index contributed by atoms with van der Waals surface area (Å²) in [5.74, 6) is 0. The van der Waals surface area contributed by atoms with Gasteiger partial charge in [0.15, 0.2) is 0 Å². The molecule has 2 unspecified atom stereocenters. The Balaban J connectivity index is 1.70. The van der Waals surface area contributed by atoms with Gasteiger partial charge in [-0.2, -0.15) is 0 Å². The van der Waals surface area contributed by atoms with Crippen molar-refractivity contribution in [3.63, 3.8) is 0 Å². The second kappa shape index (κ2) is 7.47. The predicted molar refractivity (Wildman–Crippen MR) is 91.3 cm³/mol.